The van der Waals surface area contributed by atoms with E-state index in [1.54, 1.807) is 22.0 Å². The van der Waals surface area contributed by atoms with E-state index in [0.29, 0.717) is 18.8 Å². The first-order valence-corrected chi connectivity index (χ1v) is 6.69. The molecule has 2 rings (SSSR count). The summed E-state index contributed by atoms with van der Waals surface area (Å²) in [6.07, 6.45) is 3.99. The van der Waals surface area contributed by atoms with E-state index >= 15 is 0 Å². The number of carbonyl (C=O) groups excluding carboxylic acids is 1. The van der Waals surface area contributed by atoms with Crippen molar-refractivity contribution in [2.75, 3.05) is 18.0 Å². The fourth-order valence-electron chi connectivity index (χ4n) is 2.15. The summed E-state index contributed by atoms with van der Waals surface area (Å²) in [5, 5.41) is 0. The number of nitrogens with two attached hydrogens (primary N) is 1. The van der Waals surface area contributed by atoms with Gasteiger partial charge < -0.3 is 15.2 Å². The van der Waals surface area contributed by atoms with E-state index in [1.807, 2.05) is 38.2 Å². The highest BCUT2D eigenvalue weighted by molar-refractivity contribution is 6.05. The first-order valence-electron chi connectivity index (χ1n) is 6.69. The van der Waals surface area contributed by atoms with Crippen molar-refractivity contribution >= 4 is 11.6 Å². The lowest BCUT2D eigenvalue weighted by atomic mass is 10.1. The number of carbonyl (C=O) groups is 1. The summed E-state index contributed by atoms with van der Waals surface area (Å²) in [6, 6.07) is 7.87. The van der Waals surface area contributed by atoms with Gasteiger partial charge >= 0.3 is 0 Å². The standard InChI is InChI=1S/C15H20N4O/c1-12-6-3-4-7-13(12)19(9-5-8-16)15(20)14-10-17-11-18(14)2/h3-4,6-7,10-11H,5,8-9,16H2,1-2H3. The molecule has 5 nitrogen and oxygen atoms in total. The molecule has 0 bridgehead atoms. The molecule has 0 saturated heterocycles. The average molecular weight is 272 g/mol. The van der Waals surface area contributed by atoms with E-state index in [1.165, 1.54) is 0 Å². The Morgan fingerprint density at radius 2 is 2.15 bits per heavy atom. The van der Waals surface area contributed by atoms with Crippen molar-refractivity contribution in [1.82, 2.24) is 9.55 Å². The first-order chi connectivity index (χ1) is 9.65. The van der Waals surface area contributed by atoms with Crippen LogP contribution >= 0.6 is 0 Å². The molecule has 2 aromatic rings. The van der Waals surface area contributed by atoms with Gasteiger partial charge in [-0.15, -0.1) is 0 Å². The molecule has 0 aliphatic heterocycles. The van der Waals surface area contributed by atoms with E-state index in [-0.39, 0.29) is 5.91 Å². The van der Waals surface area contributed by atoms with E-state index < -0.39 is 0 Å². The van der Waals surface area contributed by atoms with E-state index in [2.05, 4.69) is 4.98 Å². The molecule has 106 valence electrons. The molecule has 1 aromatic carbocycles. The van der Waals surface area contributed by atoms with Gasteiger partial charge in [0.05, 0.1) is 12.5 Å². The van der Waals surface area contributed by atoms with Crippen LogP contribution in [0.25, 0.3) is 0 Å². The summed E-state index contributed by atoms with van der Waals surface area (Å²) in [4.78, 5) is 18.5. The highest BCUT2D eigenvalue weighted by atomic mass is 16.2. The zero-order valence-electron chi connectivity index (χ0n) is 11.9. The summed E-state index contributed by atoms with van der Waals surface area (Å²) < 4.78 is 1.73. The van der Waals surface area contributed by atoms with Gasteiger partial charge in [-0.25, -0.2) is 4.98 Å². The van der Waals surface area contributed by atoms with Gasteiger partial charge in [-0.3, -0.25) is 4.79 Å². The van der Waals surface area contributed by atoms with E-state index in [9.17, 15) is 4.79 Å². The average Bonchev–Trinajstić information content (AvgIpc) is 2.87. The van der Waals surface area contributed by atoms with Crippen molar-refractivity contribution in [3.05, 3.63) is 48.0 Å². The maximum Gasteiger partial charge on any atom is 0.276 e. The van der Waals surface area contributed by atoms with Crippen LogP contribution in [0, 0.1) is 6.92 Å². The van der Waals surface area contributed by atoms with Crippen LogP contribution in [-0.4, -0.2) is 28.5 Å². The zero-order valence-corrected chi connectivity index (χ0v) is 11.9. The van der Waals surface area contributed by atoms with Crippen molar-refractivity contribution in [3.63, 3.8) is 0 Å². The van der Waals surface area contributed by atoms with Crippen LogP contribution in [0.5, 0.6) is 0 Å². The minimum absolute atomic E-state index is 0.0484. The van der Waals surface area contributed by atoms with Crippen molar-refractivity contribution in [2.24, 2.45) is 12.8 Å². The summed E-state index contributed by atoms with van der Waals surface area (Å²) in [6.45, 7) is 3.16. The van der Waals surface area contributed by atoms with Crippen LogP contribution < -0.4 is 10.6 Å². The third kappa shape index (κ3) is 2.88. The fourth-order valence-corrected chi connectivity index (χ4v) is 2.15. The Balaban J connectivity index is 2.35. The molecule has 0 radical (unpaired) electrons. The molecule has 0 atom stereocenters. The van der Waals surface area contributed by atoms with E-state index in [0.717, 1.165) is 17.7 Å². The lowest BCUT2D eigenvalue weighted by Gasteiger charge is -2.24. The molecule has 1 amide bonds. The Labute approximate surface area is 119 Å². The molecule has 0 saturated carbocycles. The smallest absolute Gasteiger partial charge is 0.276 e. The van der Waals surface area contributed by atoms with Crippen LogP contribution in [0.3, 0.4) is 0 Å². The SMILES string of the molecule is Cc1ccccc1N(CCCN)C(=O)c1cncn1C. The Hall–Kier alpha value is -2.14. The van der Waals surface area contributed by atoms with Gasteiger partial charge in [-0.05, 0) is 31.5 Å². The first kappa shape index (κ1) is 14.3. The summed E-state index contributed by atoms with van der Waals surface area (Å²) in [5.74, 6) is -0.0484. The Morgan fingerprint density at radius 3 is 2.75 bits per heavy atom. The third-order valence-corrected chi connectivity index (χ3v) is 3.27. The number of nitrogens with zero attached hydrogens (tertiary/aromatic N) is 3. The minimum Gasteiger partial charge on any atom is -0.330 e. The number of hydrogen-bond donors (Lipinski definition) is 1. The zero-order chi connectivity index (χ0) is 14.5. The van der Waals surface area contributed by atoms with E-state index in [4.69, 9.17) is 5.73 Å². The minimum atomic E-state index is -0.0484. The molecule has 20 heavy (non-hydrogen) atoms. The predicted molar refractivity (Wildman–Crippen MR) is 79.7 cm³/mol. The van der Waals surface area contributed by atoms with Gasteiger partial charge in [0, 0.05) is 19.3 Å². The molecule has 0 fully saturated rings. The largest absolute Gasteiger partial charge is 0.330 e. The molecule has 5 heteroatoms. The third-order valence-electron chi connectivity index (χ3n) is 3.27. The normalized spacial score (nSPS) is 10.6. The number of benzene rings is 1. The summed E-state index contributed by atoms with van der Waals surface area (Å²) >= 11 is 0. The number of hydrogen-bond acceptors (Lipinski definition) is 3. The topological polar surface area (TPSA) is 64.2 Å². The quantitative estimate of drug-likeness (QED) is 0.901. The number of para-hydroxylation sites is 1. The summed E-state index contributed by atoms with van der Waals surface area (Å²) in [5.41, 5.74) is 8.15. The van der Waals surface area contributed by atoms with Crippen molar-refractivity contribution in [3.8, 4) is 0 Å². The maximum absolute atomic E-state index is 12.7. The van der Waals surface area contributed by atoms with Crippen LogP contribution in [0.2, 0.25) is 0 Å². The van der Waals surface area contributed by atoms with Gasteiger partial charge in [-0.1, -0.05) is 18.2 Å². The number of amides is 1. The molecule has 2 N–H and O–H groups in total. The molecule has 0 unspecified atom stereocenters. The predicted octanol–water partition coefficient (Wildman–Crippen LogP) is 1.72. The van der Waals surface area contributed by atoms with Gasteiger partial charge in [0.15, 0.2) is 0 Å². The van der Waals surface area contributed by atoms with Crippen LogP contribution in [-0.2, 0) is 7.05 Å². The lowest BCUT2D eigenvalue weighted by Crippen LogP contribution is -2.34. The van der Waals surface area contributed by atoms with Crippen LogP contribution in [0.4, 0.5) is 5.69 Å². The summed E-state index contributed by atoms with van der Waals surface area (Å²) in [7, 11) is 1.82. The highest BCUT2D eigenvalue weighted by Crippen LogP contribution is 2.21. The fraction of sp³-hybridized carbons (Fsp3) is 0.333. The van der Waals surface area contributed by atoms with Gasteiger partial charge in [0.1, 0.15) is 5.69 Å². The Kier molecular flexibility index (Phi) is 4.53. The number of anilines is 1. The molecular weight excluding hydrogens is 252 g/mol. The Bertz CT molecular complexity index is 591. The molecule has 1 heterocycles. The van der Waals surface area contributed by atoms with Gasteiger partial charge in [-0.2, -0.15) is 0 Å². The second kappa shape index (κ2) is 6.34. The van der Waals surface area contributed by atoms with Crippen molar-refractivity contribution < 1.29 is 4.79 Å². The highest BCUT2D eigenvalue weighted by Gasteiger charge is 2.20. The number of imidazole rings is 1. The monoisotopic (exact) mass is 272 g/mol. The van der Waals surface area contributed by atoms with Gasteiger partial charge in [0.2, 0.25) is 0 Å². The number of aromatic nitrogens is 2. The maximum atomic E-state index is 12.7. The number of rotatable bonds is 5. The van der Waals surface area contributed by atoms with Crippen molar-refractivity contribution in [1.29, 1.82) is 0 Å². The second-order valence-corrected chi connectivity index (χ2v) is 4.78. The van der Waals surface area contributed by atoms with Crippen LogP contribution in [0.15, 0.2) is 36.8 Å². The Morgan fingerprint density at radius 1 is 1.40 bits per heavy atom. The molecule has 0 spiro atoms. The molecule has 1 aromatic heterocycles. The molecular formula is C15H20N4O. The lowest BCUT2D eigenvalue weighted by molar-refractivity contribution is 0.0979. The molecule has 0 aliphatic carbocycles. The molecule has 0 aliphatic rings. The van der Waals surface area contributed by atoms with Gasteiger partial charge in [0.25, 0.3) is 5.91 Å². The van der Waals surface area contributed by atoms with Crippen LogP contribution in [0.1, 0.15) is 22.5 Å². The second-order valence-electron chi connectivity index (χ2n) is 4.78. The number of aryl methyl sites for hydroxylation is 2. The van der Waals surface area contributed by atoms with Crippen molar-refractivity contribution in [2.45, 2.75) is 13.3 Å².